The van der Waals surface area contributed by atoms with Crippen molar-refractivity contribution in [3.63, 3.8) is 0 Å². The summed E-state index contributed by atoms with van der Waals surface area (Å²) >= 11 is 5.98. The summed E-state index contributed by atoms with van der Waals surface area (Å²) in [6.45, 7) is 0.865. The Labute approximate surface area is 199 Å². The standard InChI is InChI=1S/C22H22ClF3N4O3S/c1-14-18(15-3-5-16(23)6-4-15)19(21(31)29-9-11-34(32,33)12-10-29)30(20(14)22(24,25)26)13-17-27-7-8-28(17)2/h3-8H,9-13H2,1-2H3. The average molecular weight is 515 g/mol. The summed E-state index contributed by atoms with van der Waals surface area (Å²) in [7, 11) is -1.63. The van der Waals surface area contributed by atoms with E-state index in [1.54, 1.807) is 42.1 Å². The van der Waals surface area contributed by atoms with E-state index in [1.807, 2.05) is 0 Å². The smallest absolute Gasteiger partial charge is 0.337 e. The van der Waals surface area contributed by atoms with Crippen molar-refractivity contribution >= 4 is 27.3 Å². The van der Waals surface area contributed by atoms with Crippen molar-refractivity contribution in [3.8, 4) is 11.1 Å². The number of aryl methyl sites for hydroxylation is 1. The van der Waals surface area contributed by atoms with Crippen LogP contribution in [0, 0.1) is 6.92 Å². The molecule has 0 spiro atoms. The van der Waals surface area contributed by atoms with E-state index >= 15 is 0 Å². The van der Waals surface area contributed by atoms with Gasteiger partial charge in [0.05, 0.1) is 18.1 Å². The Morgan fingerprint density at radius 2 is 1.76 bits per heavy atom. The monoisotopic (exact) mass is 514 g/mol. The molecule has 1 saturated heterocycles. The van der Waals surface area contributed by atoms with Crippen LogP contribution in [0.3, 0.4) is 0 Å². The first-order chi connectivity index (χ1) is 15.9. The lowest BCUT2D eigenvalue weighted by Gasteiger charge is -2.28. The van der Waals surface area contributed by atoms with Crippen LogP contribution in [0.15, 0.2) is 36.7 Å². The number of amides is 1. The zero-order chi connectivity index (χ0) is 24.8. The van der Waals surface area contributed by atoms with Gasteiger partial charge < -0.3 is 14.0 Å². The van der Waals surface area contributed by atoms with E-state index in [2.05, 4.69) is 4.98 Å². The number of carbonyl (C=O) groups excluding carboxylic acids is 1. The van der Waals surface area contributed by atoms with Crippen molar-refractivity contribution in [1.29, 1.82) is 0 Å². The number of benzene rings is 1. The molecule has 0 unspecified atom stereocenters. The van der Waals surface area contributed by atoms with Crippen molar-refractivity contribution in [1.82, 2.24) is 19.0 Å². The summed E-state index contributed by atoms with van der Waals surface area (Å²) in [5, 5.41) is 0.402. The molecule has 0 radical (unpaired) electrons. The van der Waals surface area contributed by atoms with Crippen LogP contribution in [0.5, 0.6) is 0 Å². The highest BCUT2D eigenvalue weighted by Gasteiger charge is 2.42. The highest BCUT2D eigenvalue weighted by Crippen LogP contribution is 2.42. The number of imidazole rings is 1. The molecular weight excluding hydrogens is 493 g/mol. The number of rotatable bonds is 4. The SMILES string of the molecule is Cc1c(-c2ccc(Cl)cc2)c(C(=O)N2CCS(=O)(=O)CC2)n(Cc2nccn2C)c1C(F)(F)F. The number of carbonyl (C=O) groups is 1. The molecule has 4 rings (SSSR count). The summed E-state index contributed by atoms with van der Waals surface area (Å²) in [6.07, 6.45) is -1.67. The lowest BCUT2D eigenvalue weighted by Crippen LogP contribution is -2.44. The number of aromatic nitrogens is 3. The fraction of sp³-hybridized carbons (Fsp3) is 0.364. The molecule has 0 atom stereocenters. The van der Waals surface area contributed by atoms with Crippen LogP contribution in [0.1, 0.15) is 27.6 Å². The lowest BCUT2D eigenvalue weighted by molar-refractivity contribution is -0.143. The van der Waals surface area contributed by atoms with E-state index in [4.69, 9.17) is 11.6 Å². The second-order valence-electron chi connectivity index (χ2n) is 8.19. The molecule has 2 aromatic heterocycles. The third kappa shape index (κ3) is 4.58. The molecule has 1 aliphatic heterocycles. The Kier molecular flexibility index (Phi) is 6.28. The molecule has 182 valence electrons. The van der Waals surface area contributed by atoms with E-state index in [1.165, 1.54) is 18.0 Å². The van der Waals surface area contributed by atoms with Gasteiger partial charge in [0.1, 0.15) is 17.2 Å². The maximum atomic E-state index is 14.3. The van der Waals surface area contributed by atoms with Gasteiger partial charge in [-0.25, -0.2) is 13.4 Å². The largest absolute Gasteiger partial charge is 0.431 e. The van der Waals surface area contributed by atoms with Gasteiger partial charge in [0.25, 0.3) is 5.91 Å². The van der Waals surface area contributed by atoms with Crippen LogP contribution in [-0.4, -0.2) is 57.9 Å². The number of hydrogen-bond donors (Lipinski definition) is 0. The predicted molar refractivity (Wildman–Crippen MR) is 121 cm³/mol. The van der Waals surface area contributed by atoms with Gasteiger partial charge in [-0.05, 0) is 30.2 Å². The van der Waals surface area contributed by atoms with Crippen molar-refractivity contribution in [2.45, 2.75) is 19.6 Å². The third-order valence-electron chi connectivity index (χ3n) is 5.96. The van der Waals surface area contributed by atoms with Crippen molar-refractivity contribution in [3.05, 3.63) is 64.5 Å². The third-order valence-corrected chi connectivity index (χ3v) is 7.82. The van der Waals surface area contributed by atoms with Crippen LogP contribution in [0.25, 0.3) is 11.1 Å². The Bertz CT molecular complexity index is 1330. The molecule has 1 fully saturated rings. The number of nitrogens with zero attached hydrogens (tertiary/aromatic N) is 4. The van der Waals surface area contributed by atoms with Crippen LogP contribution < -0.4 is 0 Å². The Morgan fingerprint density at radius 3 is 2.29 bits per heavy atom. The second-order valence-corrected chi connectivity index (χ2v) is 10.9. The van der Waals surface area contributed by atoms with E-state index in [0.717, 1.165) is 4.57 Å². The van der Waals surface area contributed by atoms with E-state index in [-0.39, 0.29) is 48.0 Å². The lowest BCUT2D eigenvalue weighted by atomic mass is 10.00. The van der Waals surface area contributed by atoms with E-state index in [9.17, 15) is 26.4 Å². The summed E-state index contributed by atoms with van der Waals surface area (Å²) < 4.78 is 69.3. The first kappa shape index (κ1) is 24.3. The van der Waals surface area contributed by atoms with Gasteiger partial charge in [-0.2, -0.15) is 13.2 Å². The zero-order valence-corrected chi connectivity index (χ0v) is 20.0. The molecule has 1 aliphatic rings. The zero-order valence-electron chi connectivity index (χ0n) is 18.4. The van der Waals surface area contributed by atoms with Gasteiger partial charge in [-0.3, -0.25) is 4.79 Å². The highest BCUT2D eigenvalue weighted by atomic mass is 35.5. The number of sulfone groups is 1. The summed E-state index contributed by atoms with van der Waals surface area (Å²) in [5.41, 5.74) is -0.671. The maximum absolute atomic E-state index is 14.3. The Morgan fingerprint density at radius 1 is 1.15 bits per heavy atom. The Hall–Kier alpha value is -2.79. The fourth-order valence-electron chi connectivity index (χ4n) is 4.22. The molecule has 3 heterocycles. The minimum Gasteiger partial charge on any atom is -0.337 e. The number of hydrogen-bond acceptors (Lipinski definition) is 4. The van der Waals surface area contributed by atoms with Gasteiger partial charge in [-0.1, -0.05) is 23.7 Å². The van der Waals surface area contributed by atoms with Crippen LogP contribution in [0.2, 0.25) is 5.02 Å². The van der Waals surface area contributed by atoms with Crippen molar-refractivity contribution < 1.29 is 26.4 Å². The predicted octanol–water partition coefficient (Wildman–Crippen LogP) is 3.79. The quantitative estimate of drug-likeness (QED) is 0.531. The van der Waals surface area contributed by atoms with Crippen molar-refractivity contribution in [2.75, 3.05) is 24.6 Å². The molecule has 0 aliphatic carbocycles. The molecule has 1 amide bonds. The van der Waals surface area contributed by atoms with Gasteiger partial charge in [-0.15, -0.1) is 0 Å². The molecule has 1 aromatic carbocycles. The van der Waals surface area contributed by atoms with Gasteiger partial charge in [0.15, 0.2) is 9.84 Å². The van der Waals surface area contributed by atoms with Gasteiger partial charge >= 0.3 is 6.18 Å². The molecule has 12 heteroatoms. The minimum absolute atomic E-state index is 0.0881. The fourth-order valence-corrected chi connectivity index (χ4v) is 5.54. The minimum atomic E-state index is -4.75. The molecule has 3 aromatic rings. The second kappa shape index (κ2) is 8.77. The Balaban J connectivity index is 1.96. The number of alkyl halides is 3. The first-order valence-corrected chi connectivity index (χ1v) is 12.6. The van der Waals surface area contributed by atoms with Gasteiger partial charge in [0.2, 0.25) is 0 Å². The normalized spacial score (nSPS) is 16.1. The van der Waals surface area contributed by atoms with Crippen LogP contribution in [-0.2, 0) is 29.6 Å². The highest BCUT2D eigenvalue weighted by molar-refractivity contribution is 7.91. The molecular formula is C22H22ClF3N4O3S. The van der Waals surface area contributed by atoms with Crippen LogP contribution in [0.4, 0.5) is 13.2 Å². The van der Waals surface area contributed by atoms with E-state index < -0.39 is 27.6 Å². The van der Waals surface area contributed by atoms with Crippen molar-refractivity contribution in [2.24, 2.45) is 7.05 Å². The maximum Gasteiger partial charge on any atom is 0.431 e. The molecule has 7 nitrogen and oxygen atoms in total. The average Bonchev–Trinajstić information content (AvgIpc) is 3.28. The summed E-state index contributed by atoms with van der Waals surface area (Å²) in [4.78, 5) is 19.1. The molecule has 0 N–H and O–H groups in total. The molecule has 34 heavy (non-hydrogen) atoms. The number of halogens is 4. The van der Waals surface area contributed by atoms with Crippen LogP contribution >= 0.6 is 11.6 Å². The van der Waals surface area contributed by atoms with E-state index in [0.29, 0.717) is 16.4 Å². The van der Waals surface area contributed by atoms with Gasteiger partial charge in [0, 0.05) is 43.1 Å². The summed E-state index contributed by atoms with van der Waals surface area (Å²) in [6, 6.07) is 6.21. The molecule has 0 saturated carbocycles. The summed E-state index contributed by atoms with van der Waals surface area (Å²) in [5.74, 6) is -0.800. The molecule has 0 bridgehead atoms. The first-order valence-electron chi connectivity index (χ1n) is 10.4. The topological polar surface area (TPSA) is 77.2 Å².